The van der Waals surface area contributed by atoms with Crippen LogP contribution in [0.2, 0.25) is 0 Å². The molecule has 0 bridgehead atoms. The molecule has 0 aromatic heterocycles. The first-order valence-corrected chi connectivity index (χ1v) is 8.18. The molecule has 2 aliphatic rings. The lowest BCUT2D eigenvalue weighted by Crippen LogP contribution is -2.40. The van der Waals surface area contributed by atoms with Crippen molar-refractivity contribution in [3.8, 4) is 17.2 Å². The smallest absolute Gasteiger partial charge is 0.415 e. The topological polar surface area (TPSA) is 48.0 Å². The van der Waals surface area contributed by atoms with E-state index in [0.717, 1.165) is 23.5 Å². The molecule has 1 atom stereocenters. The van der Waals surface area contributed by atoms with Gasteiger partial charge in [-0.1, -0.05) is 18.2 Å². The lowest BCUT2D eigenvalue weighted by Gasteiger charge is -2.35. The Balaban J connectivity index is 1.57. The van der Waals surface area contributed by atoms with E-state index < -0.39 is 0 Å². The van der Waals surface area contributed by atoms with Crippen LogP contribution in [0.1, 0.15) is 24.1 Å². The van der Waals surface area contributed by atoms with Gasteiger partial charge in [0.2, 0.25) is 0 Å². The van der Waals surface area contributed by atoms with E-state index >= 15 is 0 Å². The fourth-order valence-corrected chi connectivity index (χ4v) is 3.25. The van der Waals surface area contributed by atoms with Crippen molar-refractivity contribution >= 4 is 6.09 Å². The number of hydrogen-bond acceptors (Lipinski definition) is 4. The Hall–Kier alpha value is -2.69. The van der Waals surface area contributed by atoms with E-state index in [9.17, 15) is 4.79 Å². The summed E-state index contributed by atoms with van der Waals surface area (Å²) < 4.78 is 16.8. The number of nitrogens with zero attached hydrogens (tertiary/aromatic N) is 1. The normalized spacial score (nSPS) is 18.7. The predicted molar refractivity (Wildman–Crippen MR) is 88.7 cm³/mol. The molecule has 0 radical (unpaired) electrons. The van der Waals surface area contributed by atoms with E-state index in [-0.39, 0.29) is 12.1 Å². The molecule has 4 rings (SSSR count). The molecule has 2 aromatic carbocycles. The summed E-state index contributed by atoms with van der Waals surface area (Å²) in [6.07, 6.45) is 0.453. The highest BCUT2D eigenvalue weighted by Gasteiger charge is 2.31. The number of benzene rings is 2. The molecule has 2 heterocycles. The number of fused-ring (bicyclic) bond motifs is 2. The monoisotopic (exact) mass is 325 g/mol. The van der Waals surface area contributed by atoms with Gasteiger partial charge in [0, 0.05) is 6.54 Å². The fraction of sp³-hybridized carbons (Fsp3) is 0.316. The van der Waals surface area contributed by atoms with Crippen molar-refractivity contribution in [3.05, 3.63) is 53.6 Å². The van der Waals surface area contributed by atoms with Crippen molar-refractivity contribution in [2.45, 2.75) is 19.4 Å². The Morgan fingerprint density at radius 2 is 1.83 bits per heavy atom. The first-order chi connectivity index (χ1) is 11.7. The van der Waals surface area contributed by atoms with Gasteiger partial charge in [0.25, 0.3) is 0 Å². The minimum atomic E-state index is -0.325. The molecule has 0 aliphatic carbocycles. The maximum atomic E-state index is 12.5. The van der Waals surface area contributed by atoms with Crippen LogP contribution in [0, 0.1) is 0 Å². The van der Waals surface area contributed by atoms with Crippen LogP contribution in [0.5, 0.6) is 17.2 Å². The summed E-state index contributed by atoms with van der Waals surface area (Å²) in [6.45, 7) is 3.77. The van der Waals surface area contributed by atoms with Crippen LogP contribution in [0.25, 0.3) is 0 Å². The average molecular weight is 325 g/mol. The Morgan fingerprint density at radius 1 is 1.12 bits per heavy atom. The van der Waals surface area contributed by atoms with E-state index in [4.69, 9.17) is 14.2 Å². The number of ether oxygens (including phenoxy) is 3. The van der Waals surface area contributed by atoms with Gasteiger partial charge in [0.05, 0.1) is 6.04 Å². The van der Waals surface area contributed by atoms with Gasteiger partial charge < -0.3 is 19.1 Å². The van der Waals surface area contributed by atoms with Gasteiger partial charge in [0.15, 0.2) is 11.5 Å². The molecule has 5 nitrogen and oxygen atoms in total. The lowest BCUT2D eigenvalue weighted by atomic mass is 9.93. The molecule has 0 saturated carbocycles. The Bertz CT molecular complexity index is 759. The zero-order chi connectivity index (χ0) is 16.5. The van der Waals surface area contributed by atoms with E-state index in [0.29, 0.717) is 25.5 Å². The summed E-state index contributed by atoms with van der Waals surface area (Å²) >= 11 is 0. The van der Waals surface area contributed by atoms with E-state index in [2.05, 4.69) is 0 Å². The van der Waals surface area contributed by atoms with Gasteiger partial charge in [-0.05, 0) is 48.7 Å². The summed E-state index contributed by atoms with van der Waals surface area (Å²) in [6, 6.07) is 13.1. The van der Waals surface area contributed by atoms with Gasteiger partial charge in [-0.25, -0.2) is 4.79 Å². The molecule has 0 saturated heterocycles. The number of amides is 1. The van der Waals surface area contributed by atoms with Crippen molar-refractivity contribution in [2.75, 3.05) is 19.8 Å². The molecule has 0 N–H and O–H groups in total. The number of carbonyl (C=O) groups excluding carboxylic acids is 1. The molecule has 5 heteroatoms. The van der Waals surface area contributed by atoms with E-state index in [1.165, 1.54) is 5.56 Å². The second kappa shape index (κ2) is 6.07. The van der Waals surface area contributed by atoms with Gasteiger partial charge in [-0.15, -0.1) is 0 Å². The van der Waals surface area contributed by atoms with Gasteiger partial charge in [0.1, 0.15) is 19.0 Å². The Labute approximate surface area is 140 Å². The summed E-state index contributed by atoms with van der Waals surface area (Å²) in [4.78, 5) is 14.3. The third-order valence-electron chi connectivity index (χ3n) is 4.53. The highest BCUT2D eigenvalue weighted by Crippen LogP contribution is 2.39. The Morgan fingerprint density at radius 3 is 2.58 bits per heavy atom. The fourth-order valence-electron chi connectivity index (χ4n) is 3.25. The van der Waals surface area contributed by atoms with Gasteiger partial charge >= 0.3 is 6.09 Å². The van der Waals surface area contributed by atoms with Crippen molar-refractivity contribution in [1.29, 1.82) is 0 Å². The molecule has 2 aliphatic heterocycles. The number of rotatable bonds is 1. The van der Waals surface area contributed by atoms with Gasteiger partial charge in [-0.2, -0.15) is 0 Å². The molecule has 2 aromatic rings. The molecular formula is C19H19NO4. The van der Waals surface area contributed by atoms with E-state index in [1.807, 2.05) is 37.3 Å². The highest BCUT2D eigenvalue weighted by atomic mass is 16.6. The van der Waals surface area contributed by atoms with Crippen LogP contribution in [0.3, 0.4) is 0 Å². The number of hydrogen-bond donors (Lipinski definition) is 0. The molecule has 0 fully saturated rings. The molecule has 124 valence electrons. The number of carbonyl (C=O) groups is 1. The average Bonchev–Trinajstić information content (AvgIpc) is 2.61. The molecular weight excluding hydrogens is 306 g/mol. The third-order valence-corrected chi connectivity index (χ3v) is 4.53. The maximum Gasteiger partial charge on any atom is 0.415 e. The standard InChI is InChI=1S/C19H19NO4/c1-13-16-12-18-17(22-9-10-23-18)11-14(16)7-8-20(13)19(21)24-15-5-3-2-4-6-15/h2-6,11-13H,7-10H2,1H3. The van der Waals surface area contributed by atoms with Crippen LogP contribution in [-0.4, -0.2) is 30.8 Å². The lowest BCUT2D eigenvalue weighted by molar-refractivity contribution is 0.130. The zero-order valence-electron chi connectivity index (χ0n) is 13.5. The molecule has 1 unspecified atom stereocenters. The van der Waals surface area contributed by atoms with Crippen molar-refractivity contribution in [3.63, 3.8) is 0 Å². The first kappa shape index (κ1) is 14.9. The summed E-state index contributed by atoms with van der Waals surface area (Å²) in [7, 11) is 0. The maximum absolute atomic E-state index is 12.5. The van der Waals surface area contributed by atoms with Crippen molar-refractivity contribution in [1.82, 2.24) is 4.90 Å². The highest BCUT2D eigenvalue weighted by molar-refractivity contribution is 5.72. The minimum absolute atomic E-state index is 0.0687. The second-order valence-electron chi connectivity index (χ2n) is 6.00. The summed E-state index contributed by atoms with van der Waals surface area (Å²) in [5.74, 6) is 2.11. The van der Waals surface area contributed by atoms with Crippen LogP contribution in [0.15, 0.2) is 42.5 Å². The van der Waals surface area contributed by atoms with Crippen LogP contribution >= 0.6 is 0 Å². The number of para-hydroxylation sites is 1. The van der Waals surface area contributed by atoms with Gasteiger partial charge in [-0.3, -0.25) is 0 Å². The quantitative estimate of drug-likeness (QED) is 0.804. The second-order valence-corrected chi connectivity index (χ2v) is 6.00. The SMILES string of the molecule is CC1c2cc3c(cc2CCN1C(=O)Oc1ccccc1)OCCO3. The first-order valence-electron chi connectivity index (χ1n) is 8.18. The van der Waals surface area contributed by atoms with Crippen LogP contribution in [-0.2, 0) is 6.42 Å². The summed E-state index contributed by atoms with van der Waals surface area (Å²) in [5, 5.41) is 0. The predicted octanol–water partition coefficient (Wildman–Crippen LogP) is 3.58. The van der Waals surface area contributed by atoms with E-state index in [1.54, 1.807) is 17.0 Å². The summed E-state index contributed by atoms with van der Waals surface area (Å²) in [5.41, 5.74) is 2.30. The van der Waals surface area contributed by atoms with Crippen molar-refractivity contribution < 1.29 is 19.0 Å². The largest absolute Gasteiger partial charge is 0.486 e. The third kappa shape index (κ3) is 2.66. The van der Waals surface area contributed by atoms with Crippen molar-refractivity contribution in [2.24, 2.45) is 0 Å². The van der Waals surface area contributed by atoms with Crippen LogP contribution < -0.4 is 14.2 Å². The minimum Gasteiger partial charge on any atom is -0.486 e. The van der Waals surface area contributed by atoms with Crippen LogP contribution in [0.4, 0.5) is 4.79 Å². The Kier molecular flexibility index (Phi) is 3.76. The zero-order valence-corrected chi connectivity index (χ0v) is 13.5. The molecule has 0 spiro atoms. The molecule has 1 amide bonds. The molecule has 24 heavy (non-hydrogen) atoms.